The molecule has 1 aromatic heterocycles. The Morgan fingerprint density at radius 1 is 0.703 bits per heavy atom. The van der Waals surface area contributed by atoms with E-state index in [4.69, 9.17) is 0 Å². The Morgan fingerprint density at radius 3 is 1.84 bits per heavy atom. The first-order chi connectivity index (χ1) is 17.9. The van der Waals surface area contributed by atoms with E-state index in [1.54, 1.807) is 0 Å². The van der Waals surface area contributed by atoms with Crippen LogP contribution in [-0.2, 0) is 12.8 Å². The van der Waals surface area contributed by atoms with Gasteiger partial charge in [-0.15, -0.1) is 0 Å². The summed E-state index contributed by atoms with van der Waals surface area (Å²) in [7, 11) is 3.99. The standard InChI is InChI=1S/C15H16.C11H13N3.C8H16/c1-2-14-10-6-7-11-15(14)12-13-8-4-3-5-9-13;1-8-12-10-7-5-4-6-9(10)11(13-8)14(2)3;1-7-3-5-8(2)6-4-7/h3-11H,2,12H2,1H3;4-7H,1-3H3;7-8H,3-6H2,1-2H3. The third kappa shape index (κ3) is 9.00. The van der Waals surface area contributed by atoms with Crippen molar-refractivity contribution in [3.63, 3.8) is 0 Å². The first kappa shape index (κ1) is 28.4. The largest absolute Gasteiger partial charge is 0.362 e. The Balaban J connectivity index is 0.000000161. The summed E-state index contributed by atoms with van der Waals surface area (Å²) in [6, 6.07) is 27.4. The van der Waals surface area contributed by atoms with Crippen molar-refractivity contribution in [2.45, 2.75) is 66.2 Å². The normalized spacial score (nSPS) is 16.7. The predicted molar refractivity (Wildman–Crippen MR) is 160 cm³/mol. The van der Waals surface area contributed by atoms with Crippen molar-refractivity contribution in [3.05, 3.63) is 101 Å². The number of rotatable bonds is 4. The number of aryl methyl sites for hydroxylation is 2. The average molecular weight is 496 g/mol. The molecule has 0 spiro atoms. The zero-order chi connectivity index (χ0) is 26.6. The predicted octanol–water partition coefficient (Wildman–Crippen LogP) is 8.68. The lowest BCUT2D eigenvalue weighted by Gasteiger charge is -2.22. The van der Waals surface area contributed by atoms with Crippen molar-refractivity contribution in [2.24, 2.45) is 11.8 Å². The highest BCUT2D eigenvalue weighted by Crippen LogP contribution is 2.27. The molecule has 4 aromatic rings. The minimum absolute atomic E-state index is 0.812. The Labute approximate surface area is 225 Å². The maximum absolute atomic E-state index is 4.42. The number of nitrogens with zero attached hydrogens (tertiary/aromatic N) is 3. The minimum atomic E-state index is 0.812. The van der Waals surface area contributed by atoms with Gasteiger partial charge in [0, 0.05) is 19.5 Å². The lowest BCUT2D eigenvalue weighted by Crippen LogP contribution is -2.12. The Bertz CT molecular complexity index is 1200. The molecule has 1 heterocycles. The Kier molecular flexibility index (Phi) is 11.1. The fourth-order valence-electron chi connectivity index (χ4n) is 4.83. The Morgan fingerprint density at radius 2 is 1.24 bits per heavy atom. The first-order valence-corrected chi connectivity index (χ1v) is 13.9. The molecule has 0 radical (unpaired) electrons. The second-order valence-electron chi connectivity index (χ2n) is 10.7. The quantitative estimate of drug-likeness (QED) is 0.283. The fourth-order valence-corrected chi connectivity index (χ4v) is 4.83. The monoisotopic (exact) mass is 495 g/mol. The average Bonchev–Trinajstić information content (AvgIpc) is 2.91. The van der Waals surface area contributed by atoms with Crippen LogP contribution in [0.4, 0.5) is 5.82 Å². The molecule has 1 fully saturated rings. The van der Waals surface area contributed by atoms with Crippen molar-refractivity contribution in [2.75, 3.05) is 19.0 Å². The Hall–Kier alpha value is -3.20. The molecule has 0 aliphatic heterocycles. The van der Waals surface area contributed by atoms with Crippen LogP contribution < -0.4 is 4.90 Å². The molecule has 3 heteroatoms. The summed E-state index contributed by atoms with van der Waals surface area (Å²) in [5.41, 5.74) is 5.30. The van der Waals surface area contributed by atoms with Crippen molar-refractivity contribution in [1.29, 1.82) is 0 Å². The lowest BCUT2D eigenvalue weighted by atomic mass is 9.84. The second kappa shape index (κ2) is 14.5. The van der Waals surface area contributed by atoms with Gasteiger partial charge in [-0.1, -0.05) is 113 Å². The van der Waals surface area contributed by atoms with Crippen LogP contribution in [-0.4, -0.2) is 24.1 Å². The van der Waals surface area contributed by atoms with E-state index in [1.807, 2.05) is 50.2 Å². The van der Waals surface area contributed by atoms with E-state index in [9.17, 15) is 0 Å². The van der Waals surface area contributed by atoms with Gasteiger partial charge in [0.25, 0.3) is 0 Å². The van der Waals surface area contributed by atoms with Gasteiger partial charge >= 0.3 is 0 Å². The summed E-state index contributed by atoms with van der Waals surface area (Å²) in [5, 5.41) is 1.10. The summed E-state index contributed by atoms with van der Waals surface area (Å²) in [6.45, 7) is 8.86. The van der Waals surface area contributed by atoms with Crippen LogP contribution in [0.15, 0.2) is 78.9 Å². The van der Waals surface area contributed by atoms with Crippen LogP contribution in [0.3, 0.4) is 0 Å². The van der Waals surface area contributed by atoms with Gasteiger partial charge in [-0.2, -0.15) is 0 Å². The zero-order valence-corrected chi connectivity index (χ0v) is 23.7. The van der Waals surface area contributed by atoms with E-state index in [2.05, 4.69) is 85.3 Å². The smallest absolute Gasteiger partial charge is 0.139 e. The molecule has 0 unspecified atom stereocenters. The topological polar surface area (TPSA) is 29.0 Å². The molecule has 5 rings (SSSR count). The summed E-state index contributed by atoms with van der Waals surface area (Å²) in [6.07, 6.45) is 8.05. The first-order valence-electron chi connectivity index (χ1n) is 13.9. The molecular formula is C34H45N3. The number of hydrogen-bond acceptors (Lipinski definition) is 3. The van der Waals surface area contributed by atoms with E-state index in [0.717, 1.165) is 47.2 Å². The highest BCUT2D eigenvalue weighted by atomic mass is 15.1. The van der Waals surface area contributed by atoms with Gasteiger partial charge < -0.3 is 4.90 Å². The van der Waals surface area contributed by atoms with Gasteiger partial charge in [0.15, 0.2) is 0 Å². The van der Waals surface area contributed by atoms with Crippen molar-refractivity contribution in [3.8, 4) is 0 Å². The van der Waals surface area contributed by atoms with E-state index in [1.165, 1.54) is 42.4 Å². The van der Waals surface area contributed by atoms with Gasteiger partial charge in [-0.05, 0) is 60.4 Å². The summed E-state index contributed by atoms with van der Waals surface area (Å²) in [4.78, 5) is 10.8. The molecule has 0 N–H and O–H groups in total. The zero-order valence-electron chi connectivity index (χ0n) is 23.7. The van der Waals surface area contributed by atoms with E-state index < -0.39 is 0 Å². The van der Waals surface area contributed by atoms with Gasteiger partial charge in [-0.3, -0.25) is 0 Å². The number of anilines is 1. The van der Waals surface area contributed by atoms with Crippen LogP contribution >= 0.6 is 0 Å². The van der Waals surface area contributed by atoms with E-state index in [0.29, 0.717) is 0 Å². The summed E-state index contributed by atoms with van der Waals surface area (Å²) < 4.78 is 0. The highest BCUT2D eigenvalue weighted by molar-refractivity contribution is 5.89. The molecular weight excluding hydrogens is 450 g/mol. The van der Waals surface area contributed by atoms with Crippen molar-refractivity contribution >= 4 is 16.7 Å². The molecule has 0 amide bonds. The highest BCUT2D eigenvalue weighted by Gasteiger charge is 2.13. The van der Waals surface area contributed by atoms with Crippen LogP contribution in [0.2, 0.25) is 0 Å². The molecule has 3 nitrogen and oxygen atoms in total. The van der Waals surface area contributed by atoms with Gasteiger partial charge in [0.05, 0.1) is 5.52 Å². The summed E-state index contributed by atoms with van der Waals surface area (Å²) in [5.74, 6) is 3.83. The van der Waals surface area contributed by atoms with Crippen LogP contribution in [0.5, 0.6) is 0 Å². The van der Waals surface area contributed by atoms with Gasteiger partial charge in [0.1, 0.15) is 11.6 Å². The molecule has 0 bridgehead atoms. The number of para-hydroxylation sites is 1. The molecule has 0 atom stereocenters. The molecule has 3 aromatic carbocycles. The van der Waals surface area contributed by atoms with Crippen molar-refractivity contribution < 1.29 is 0 Å². The maximum atomic E-state index is 4.42. The SMILES string of the molecule is CC1CCC(C)CC1.CCc1ccccc1Cc1ccccc1.Cc1nc(N(C)C)c2ccccc2n1. The molecule has 37 heavy (non-hydrogen) atoms. The number of hydrogen-bond donors (Lipinski definition) is 0. The van der Waals surface area contributed by atoms with E-state index in [-0.39, 0.29) is 0 Å². The fraction of sp³-hybridized carbons (Fsp3) is 0.412. The maximum Gasteiger partial charge on any atom is 0.139 e. The van der Waals surface area contributed by atoms with Crippen LogP contribution in [0.1, 0.15) is 69.0 Å². The molecule has 1 aliphatic carbocycles. The third-order valence-electron chi connectivity index (χ3n) is 7.16. The van der Waals surface area contributed by atoms with E-state index >= 15 is 0 Å². The minimum Gasteiger partial charge on any atom is -0.362 e. The van der Waals surface area contributed by atoms with Gasteiger partial charge in [-0.25, -0.2) is 9.97 Å². The van der Waals surface area contributed by atoms with Crippen LogP contribution in [0.25, 0.3) is 10.9 Å². The van der Waals surface area contributed by atoms with Gasteiger partial charge in [0.2, 0.25) is 0 Å². The molecule has 1 aliphatic rings. The number of aromatic nitrogens is 2. The third-order valence-corrected chi connectivity index (χ3v) is 7.16. The number of benzene rings is 3. The van der Waals surface area contributed by atoms with Crippen molar-refractivity contribution in [1.82, 2.24) is 9.97 Å². The number of fused-ring (bicyclic) bond motifs is 1. The summed E-state index contributed by atoms with van der Waals surface area (Å²) >= 11 is 0. The lowest BCUT2D eigenvalue weighted by molar-refractivity contribution is 0.308. The second-order valence-corrected chi connectivity index (χ2v) is 10.7. The molecule has 0 saturated heterocycles. The molecule has 1 saturated carbocycles. The van der Waals surface area contributed by atoms with Crippen LogP contribution in [0, 0.1) is 18.8 Å². The molecule has 196 valence electrons.